The molecule has 5 aromatic carbocycles. The highest BCUT2D eigenvalue weighted by Crippen LogP contribution is 2.37. The van der Waals surface area contributed by atoms with Crippen LogP contribution in [0, 0.1) is 12.7 Å². The number of benzene rings is 5. The fraction of sp³-hybridized carbons (Fsp3) is 0.0323. The van der Waals surface area contributed by atoms with Crippen LogP contribution in [-0.2, 0) is 0 Å². The Balaban J connectivity index is 1.57. The van der Waals surface area contributed by atoms with Gasteiger partial charge in [0, 0.05) is 27.7 Å². The van der Waals surface area contributed by atoms with Gasteiger partial charge in [0.25, 0.3) is 0 Å². The normalized spacial score (nSPS) is 11.4. The maximum atomic E-state index is 14.1. The Morgan fingerprint density at radius 1 is 0.618 bits per heavy atom. The highest BCUT2D eigenvalue weighted by molar-refractivity contribution is 6.10. The quantitative estimate of drug-likeness (QED) is 0.275. The van der Waals surface area contributed by atoms with Gasteiger partial charge in [0.15, 0.2) is 0 Å². The first-order valence-corrected chi connectivity index (χ1v) is 11.4. The van der Waals surface area contributed by atoms with Crippen LogP contribution in [-0.4, -0.2) is 4.57 Å². The molecule has 0 spiro atoms. The summed E-state index contributed by atoms with van der Waals surface area (Å²) in [7, 11) is 0. The number of halogens is 1. The third-order valence-corrected chi connectivity index (χ3v) is 6.56. The minimum Gasteiger partial charge on any atom is -0.398 e. The van der Waals surface area contributed by atoms with E-state index >= 15 is 0 Å². The molecule has 3 heteroatoms. The van der Waals surface area contributed by atoms with E-state index in [1.807, 2.05) is 36.4 Å². The first-order chi connectivity index (χ1) is 16.6. The number of rotatable bonds is 3. The van der Waals surface area contributed by atoms with Gasteiger partial charge >= 0.3 is 0 Å². The molecule has 6 aromatic rings. The molecule has 34 heavy (non-hydrogen) atoms. The molecule has 0 aliphatic rings. The van der Waals surface area contributed by atoms with E-state index in [0.717, 1.165) is 55.4 Å². The van der Waals surface area contributed by atoms with E-state index in [2.05, 4.69) is 66.1 Å². The van der Waals surface area contributed by atoms with Crippen LogP contribution in [0.15, 0.2) is 109 Å². The van der Waals surface area contributed by atoms with Gasteiger partial charge in [-0.2, -0.15) is 0 Å². The number of aryl methyl sites for hydroxylation is 1. The predicted molar refractivity (Wildman–Crippen MR) is 141 cm³/mol. The van der Waals surface area contributed by atoms with E-state index < -0.39 is 0 Å². The van der Waals surface area contributed by atoms with Crippen LogP contribution in [0.4, 0.5) is 10.1 Å². The third-order valence-electron chi connectivity index (χ3n) is 6.56. The zero-order valence-corrected chi connectivity index (χ0v) is 18.8. The minimum absolute atomic E-state index is 0.243. The summed E-state index contributed by atoms with van der Waals surface area (Å²) in [6, 6.07) is 36.0. The van der Waals surface area contributed by atoms with Crippen molar-refractivity contribution < 1.29 is 4.39 Å². The fourth-order valence-electron chi connectivity index (χ4n) is 4.88. The van der Waals surface area contributed by atoms with Crippen molar-refractivity contribution in [1.29, 1.82) is 0 Å². The van der Waals surface area contributed by atoms with Gasteiger partial charge in [-0.15, -0.1) is 0 Å². The van der Waals surface area contributed by atoms with Crippen LogP contribution in [0.25, 0.3) is 49.7 Å². The molecule has 0 aliphatic heterocycles. The van der Waals surface area contributed by atoms with E-state index in [0.29, 0.717) is 0 Å². The molecular weight excluding hydrogens is 419 g/mol. The average Bonchev–Trinajstić information content (AvgIpc) is 3.19. The van der Waals surface area contributed by atoms with Crippen molar-refractivity contribution in [3.63, 3.8) is 0 Å². The molecule has 0 aliphatic carbocycles. The van der Waals surface area contributed by atoms with Crippen molar-refractivity contribution in [3.05, 3.63) is 121 Å². The summed E-state index contributed by atoms with van der Waals surface area (Å²) in [5.41, 5.74) is 15.6. The summed E-state index contributed by atoms with van der Waals surface area (Å²) >= 11 is 0. The Morgan fingerprint density at radius 3 is 2.21 bits per heavy atom. The molecule has 164 valence electrons. The lowest BCUT2D eigenvalue weighted by Crippen LogP contribution is -1.94. The number of nitrogens with two attached hydrogens (primary N) is 1. The molecule has 0 bridgehead atoms. The highest BCUT2D eigenvalue weighted by atomic mass is 19.1. The monoisotopic (exact) mass is 442 g/mol. The molecule has 1 heterocycles. The molecule has 6 rings (SSSR count). The number of hydrogen-bond acceptors (Lipinski definition) is 1. The summed E-state index contributed by atoms with van der Waals surface area (Å²) in [6.07, 6.45) is 0. The van der Waals surface area contributed by atoms with Gasteiger partial charge in [0.1, 0.15) is 5.82 Å². The SMILES string of the molecule is Cc1ccc(-c2ccc3c(c2)c2ccccc2n3-c2cccc(F)c2)cc1-c1ccccc1N. The molecule has 1 aromatic heterocycles. The zero-order chi connectivity index (χ0) is 23.2. The number of para-hydroxylation sites is 2. The number of aromatic nitrogens is 1. The lowest BCUT2D eigenvalue weighted by atomic mass is 9.94. The Hall–Kier alpha value is -4.37. The molecule has 0 amide bonds. The highest BCUT2D eigenvalue weighted by Gasteiger charge is 2.14. The Bertz CT molecular complexity index is 1690. The number of fused-ring (bicyclic) bond motifs is 3. The van der Waals surface area contributed by atoms with E-state index in [1.165, 1.54) is 11.6 Å². The number of anilines is 1. The van der Waals surface area contributed by atoms with E-state index in [9.17, 15) is 4.39 Å². The van der Waals surface area contributed by atoms with Crippen LogP contribution in [0.3, 0.4) is 0 Å². The lowest BCUT2D eigenvalue weighted by Gasteiger charge is -2.12. The summed E-state index contributed by atoms with van der Waals surface area (Å²) in [6.45, 7) is 2.11. The van der Waals surface area contributed by atoms with E-state index in [-0.39, 0.29) is 5.82 Å². The molecule has 0 unspecified atom stereocenters. The summed E-state index contributed by atoms with van der Waals surface area (Å²) < 4.78 is 16.2. The second kappa shape index (κ2) is 7.89. The van der Waals surface area contributed by atoms with Gasteiger partial charge in [-0.05, 0) is 77.7 Å². The molecule has 0 atom stereocenters. The minimum atomic E-state index is -0.243. The zero-order valence-electron chi connectivity index (χ0n) is 18.8. The van der Waals surface area contributed by atoms with Gasteiger partial charge in [-0.25, -0.2) is 4.39 Å². The first-order valence-electron chi connectivity index (χ1n) is 11.4. The Labute approximate surface area is 197 Å². The summed E-state index contributed by atoms with van der Waals surface area (Å²) in [5, 5.41) is 2.28. The van der Waals surface area contributed by atoms with E-state index in [1.54, 1.807) is 12.1 Å². The maximum absolute atomic E-state index is 14.1. The van der Waals surface area contributed by atoms with Crippen LogP contribution in [0.1, 0.15) is 5.56 Å². The van der Waals surface area contributed by atoms with Crippen LogP contribution in [0.2, 0.25) is 0 Å². The molecule has 2 N–H and O–H groups in total. The average molecular weight is 443 g/mol. The maximum Gasteiger partial charge on any atom is 0.125 e. The van der Waals surface area contributed by atoms with Crippen molar-refractivity contribution in [2.45, 2.75) is 6.92 Å². The van der Waals surface area contributed by atoms with Crippen molar-refractivity contribution in [2.24, 2.45) is 0 Å². The molecule has 0 radical (unpaired) electrons. The Morgan fingerprint density at radius 2 is 1.35 bits per heavy atom. The summed E-state index contributed by atoms with van der Waals surface area (Å²) in [4.78, 5) is 0. The van der Waals surface area contributed by atoms with Gasteiger partial charge in [0.2, 0.25) is 0 Å². The first kappa shape index (κ1) is 20.3. The number of nitrogen functional groups attached to an aromatic ring is 1. The van der Waals surface area contributed by atoms with Crippen LogP contribution < -0.4 is 5.73 Å². The second-order valence-corrected chi connectivity index (χ2v) is 8.68. The van der Waals surface area contributed by atoms with E-state index in [4.69, 9.17) is 5.73 Å². The Kier molecular flexibility index (Phi) is 4.70. The topological polar surface area (TPSA) is 30.9 Å². The number of nitrogens with zero attached hydrogens (tertiary/aromatic N) is 1. The lowest BCUT2D eigenvalue weighted by molar-refractivity contribution is 0.627. The standard InChI is InChI=1S/C31H23FN2/c1-20-13-14-21(17-27(20)25-9-2-4-11-29(25)33)22-15-16-31-28(18-22)26-10-3-5-12-30(26)34(31)24-8-6-7-23(32)19-24/h2-19H,33H2,1H3. The van der Waals surface area contributed by atoms with Crippen LogP contribution >= 0.6 is 0 Å². The summed E-state index contributed by atoms with van der Waals surface area (Å²) in [5.74, 6) is -0.243. The van der Waals surface area contributed by atoms with Crippen molar-refractivity contribution in [1.82, 2.24) is 4.57 Å². The van der Waals surface area contributed by atoms with Crippen molar-refractivity contribution in [2.75, 3.05) is 5.73 Å². The molecule has 0 saturated carbocycles. The molecule has 0 fully saturated rings. The van der Waals surface area contributed by atoms with Gasteiger partial charge in [0.05, 0.1) is 11.0 Å². The smallest absolute Gasteiger partial charge is 0.125 e. The van der Waals surface area contributed by atoms with Gasteiger partial charge in [-0.3, -0.25) is 0 Å². The van der Waals surface area contributed by atoms with Crippen molar-refractivity contribution in [3.8, 4) is 27.9 Å². The van der Waals surface area contributed by atoms with Gasteiger partial charge < -0.3 is 10.3 Å². The molecule has 2 nitrogen and oxygen atoms in total. The third kappa shape index (κ3) is 3.25. The van der Waals surface area contributed by atoms with Gasteiger partial charge in [-0.1, -0.05) is 60.7 Å². The predicted octanol–water partition coefficient (Wildman–Crippen LogP) is 8.15. The molecular formula is C31H23FN2. The van der Waals surface area contributed by atoms with Crippen molar-refractivity contribution >= 4 is 27.5 Å². The largest absolute Gasteiger partial charge is 0.398 e. The molecule has 0 saturated heterocycles. The number of hydrogen-bond donors (Lipinski definition) is 1. The fourth-order valence-corrected chi connectivity index (χ4v) is 4.88. The van der Waals surface area contributed by atoms with Crippen LogP contribution in [0.5, 0.6) is 0 Å². The second-order valence-electron chi connectivity index (χ2n) is 8.68.